The maximum Gasteiger partial charge on any atom is 0.177 e. The van der Waals surface area contributed by atoms with Crippen molar-refractivity contribution in [2.75, 3.05) is 6.26 Å². The van der Waals surface area contributed by atoms with E-state index >= 15 is 0 Å². The standard InChI is InChI=1S/C5H5BrOS2/c1-9(7)4-2-3-8-5(4)6/h2-3H,1H3. The van der Waals surface area contributed by atoms with E-state index in [0.717, 1.165) is 8.68 Å². The lowest BCUT2D eigenvalue weighted by molar-refractivity contribution is 0.601. The van der Waals surface area contributed by atoms with E-state index in [1.54, 1.807) is 17.6 Å². The average Bonchev–Trinajstić information content (AvgIpc) is 2.13. The lowest BCUT2D eigenvalue weighted by Crippen LogP contribution is -1.94. The number of rotatable bonds is 1. The van der Waals surface area contributed by atoms with Gasteiger partial charge in [0.2, 0.25) is 0 Å². The molecule has 1 nitrogen and oxygen atoms in total. The van der Waals surface area contributed by atoms with Crippen molar-refractivity contribution >= 4 is 38.4 Å². The van der Waals surface area contributed by atoms with Gasteiger partial charge in [-0.15, -0.1) is 11.3 Å². The fourth-order valence-electron chi connectivity index (χ4n) is 0.488. The van der Waals surface area contributed by atoms with Crippen molar-refractivity contribution in [2.24, 2.45) is 0 Å². The molecule has 4 heteroatoms. The van der Waals surface area contributed by atoms with Crippen molar-refractivity contribution in [3.8, 4) is 0 Å². The minimum absolute atomic E-state index is 0.846. The minimum Gasteiger partial charge on any atom is -0.612 e. The second-order valence-corrected chi connectivity index (χ2v) is 5.09. The minimum atomic E-state index is -0.846. The van der Waals surface area contributed by atoms with Gasteiger partial charge < -0.3 is 4.55 Å². The Balaban J connectivity index is 2.94. The summed E-state index contributed by atoms with van der Waals surface area (Å²) in [5, 5.41) is 1.92. The molecular weight excluding hydrogens is 220 g/mol. The second kappa shape index (κ2) is 3.05. The molecule has 0 fully saturated rings. The van der Waals surface area contributed by atoms with Crippen LogP contribution in [0, 0.1) is 0 Å². The Labute approximate surface area is 69.4 Å². The van der Waals surface area contributed by atoms with E-state index < -0.39 is 11.2 Å². The molecule has 1 heterocycles. The van der Waals surface area contributed by atoms with Crippen LogP contribution in [0.15, 0.2) is 20.1 Å². The molecule has 1 unspecified atom stereocenters. The second-order valence-electron chi connectivity index (χ2n) is 1.51. The summed E-state index contributed by atoms with van der Waals surface area (Å²) < 4.78 is 11.8. The zero-order chi connectivity index (χ0) is 6.85. The maximum absolute atomic E-state index is 10.8. The fraction of sp³-hybridized carbons (Fsp3) is 0.200. The number of thiophene rings is 1. The van der Waals surface area contributed by atoms with Gasteiger partial charge in [0.25, 0.3) is 0 Å². The first kappa shape index (κ1) is 7.60. The highest BCUT2D eigenvalue weighted by Crippen LogP contribution is 2.26. The molecule has 0 amide bonds. The molecule has 0 bridgehead atoms. The quantitative estimate of drug-likeness (QED) is 0.672. The Morgan fingerprint density at radius 2 is 2.44 bits per heavy atom. The van der Waals surface area contributed by atoms with Crippen molar-refractivity contribution in [1.29, 1.82) is 0 Å². The van der Waals surface area contributed by atoms with E-state index in [0.29, 0.717) is 0 Å². The first-order chi connectivity index (χ1) is 4.22. The van der Waals surface area contributed by atoms with Crippen LogP contribution in [0.3, 0.4) is 0 Å². The van der Waals surface area contributed by atoms with E-state index in [2.05, 4.69) is 15.9 Å². The van der Waals surface area contributed by atoms with Gasteiger partial charge in [0.15, 0.2) is 4.90 Å². The first-order valence-corrected chi connectivity index (χ1v) is 5.51. The Morgan fingerprint density at radius 3 is 2.67 bits per heavy atom. The first-order valence-electron chi connectivity index (χ1n) is 2.28. The molecule has 0 radical (unpaired) electrons. The molecule has 0 saturated heterocycles. The van der Waals surface area contributed by atoms with Gasteiger partial charge in [0, 0.05) is 6.07 Å². The van der Waals surface area contributed by atoms with Gasteiger partial charge in [-0.3, -0.25) is 0 Å². The maximum atomic E-state index is 10.8. The summed E-state index contributed by atoms with van der Waals surface area (Å²) in [6, 6.07) is 1.87. The van der Waals surface area contributed by atoms with Crippen LogP contribution >= 0.6 is 27.3 Å². The number of hydrogen-bond donors (Lipinski definition) is 0. The van der Waals surface area contributed by atoms with Gasteiger partial charge in [0.1, 0.15) is 10.0 Å². The number of halogens is 1. The van der Waals surface area contributed by atoms with Gasteiger partial charge in [-0.25, -0.2) is 0 Å². The summed E-state index contributed by atoms with van der Waals surface area (Å²) in [6.45, 7) is 0. The SMILES string of the molecule is C[S+]([O-])c1ccsc1Br. The third kappa shape index (κ3) is 1.70. The molecular formula is C5H5BrOS2. The molecule has 0 aliphatic heterocycles. The molecule has 0 aliphatic rings. The van der Waals surface area contributed by atoms with Crippen LogP contribution in [-0.4, -0.2) is 10.8 Å². The van der Waals surface area contributed by atoms with Crippen molar-refractivity contribution in [3.63, 3.8) is 0 Å². The third-order valence-corrected chi connectivity index (χ3v) is 3.93. The van der Waals surface area contributed by atoms with Crippen molar-refractivity contribution in [1.82, 2.24) is 0 Å². The molecule has 1 aromatic rings. The van der Waals surface area contributed by atoms with E-state index in [9.17, 15) is 4.55 Å². The lowest BCUT2D eigenvalue weighted by atomic mass is 10.7. The predicted octanol–water partition coefficient (Wildman–Crippen LogP) is 2.25. The zero-order valence-corrected chi connectivity index (χ0v) is 7.98. The normalized spacial score (nSPS) is 13.7. The van der Waals surface area contributed by atoms with Crippen molar-refractivity contribution < 1.29 is 4.55 Å². The van der Waals surface area contributed by atoms with Crippen LogP contribution in [0.25, 0.3) is 0 Å². The van der Waals surface area contributed by atoms with E-state index in [-0.39, 0.29) is 0 Å². The van der Waals surface area contributed by atoms with Crippen LogP contribution in [-0.2, 0) is 11.2 Å². The van der Waals surface area contributed by atoms with Gasteiger partial charge >= 0.3 is 0 Å². The Kier molecular flexibility index (Phi) is 2.58. The largest absolute Gasteiger partial charge is 0.612 e. The predicted molar refractivity (Wildman–Crippen MR) is 44.4 cm³/mol. The molecule has 0 spiro atoms. The van der Waals surface area contributed by atoms with Crippen molar-refractivity contribution in [2.45, 2.75) is 4.90 Å². The van der Waals surface area contributed by atoms with Crippen LogP contribution in [0.5, 0.6) is 0 Å². The van der Waals surface area contributed by atoms with E-state index in [4.69, 9.17) is 0 Å². The molecule has 9 heavy (non-hydrogen) atoms. The Bertz CT molecular complexity index is 197. The molecule has 50 valence electrons. The summed E-state index contributed by atoms with van der Waals surface area (Å²) in [4.78, 5) is 0.889. The van der Waals surface area contributed by atoms with E-state index in [1.807, 2.05) is 11.4 Å². The van der Waals surface area contributed by atoms with Gasteiger partial charge in [-0.1, -0.05) is 0 Å². The van der Waals surface area contributed by atoms with Gasteiger partial charge in [0.05, 0.1) is 0 Å². The van der Waals surface area contributed by atoms with Crippen LogP contribution in [0.1, 0.15) is 0 Å². The Morgan fingerprint density at radius 1 is 1.78 bits per heavy atom. The lowest BCUT2D eigenvalue weighted by Gasteiger charge is -1.99. The topological polar surface area (TPSA) is 23.1 Å². The highest BCUT2D eigenvalue weighted by atomic mass is 79.9. The summed E-state index contributed by atoms with van der Waals surface area (Å²) in [5.74, 6) is 0. The molecule has 1 atom stereocenters. The molecule has 1 aromatic heterocycles. The molecule has 0 N–H and O–H groups in total. The average molecular weight is 225 g/mol. The highest BCUT2D eigenvalue weighted by Gasteiger charge is 2.09. The Hall–Kier alpha value is 0.490. The van der Waals surface area contributed by atoms with Crippen molar-refractivity contribution in [3.05, 3.63) is 15.2 Å². The smallest absolute Gasteiger partial charge is 0.177 e. The summed E-state index contributed by atoms with van der Waals surface area (Å²) in [5.41, 5.74) is 0. The molecule has 0 aliphatic carbocycles. The van der Waals surface area contributed by atoms with Crippen LogP contribution in [0.2, 0.25) is 0 Å². The highest BCUT2D eigenvalue weighted by molar-refractivity contribution is 9.11. The summed E-state index contributed by atoms with van der Waals surface area (Å²) >= 11 is 4.00. The van der Waals surface area contributed by atoms with Crippen LogP contribution in [0.4, 0.5) is 0 Å². The molecule has 0 aromatic carbocycles. The summed E-state index contributed by atoms with van der Waals surface area (Å²) in [7, 11) is 0. The number of hydrogen-bond acceptors (Lipinski definition) is 2. The van der Waals surface area contributed by atoms with Gasteiger partial charge in [-0.2, -0.15) is 0 Å². The zero-order valence-electron chi connectivity index (χ0n) is 4.76. The van der Waals surface area contributed by atoms with Gasteiger partial charge in [-0.05, 0) is 32.5 Å². The molecule has 0 saturated carbocycles. The fourth-order valence-corrected chi connectivity index (χ4v) is 3.20. The third-order valence-electron chi connectivity index (χ3n) is 0.894. The molecule has 1 rings (SSSR count). The monoisotopic (exact) mass is 224 g/mol. The van der Waals surface area contributed by atoms with E-state index in [1.165, 1.54) is 0 Å². The van der Waals surface area contributed by atoms with Crippen LogP contribution < -0.4 is 0 Å². The summed E-state index contributed by atoms with van der Waals surface area (Å²) in [6.07, 6.45) is 1.67.